The molecule has 6 heteroatoms. The minimum absolute atomic E-state index is 0.0111. The molecule has 1 aliphatic rings. The maximum atomic E-state index is 12.3. The molecular weight excluding hydrogens is 272 g/mol. The lowest BCUT2D eigenvalue weighted by molar-refractivity contribution is -0.143. The normalized spacial score (nSPS) is 23.7. The van der Waals surface area contributed by atoms with E-state index in [0.29, 0.717) is 26.1 Å². The van der Waals surface area contributed by atoms with Crippen LogP contribution in [0.25, 0.3) is 0 Å². The van der Waals surface area contributed by atoms with Gasteiger partial charge in [0.15, 0.2) is 0 Å². The highest BCUT2D eigenvalue weighted by Crippen LogP contribution is 2.21. The Balaban J connectivity index is 2.56. The number of hydrogen-bond donors (Lipinski definition) is 2. The highest BCUT2D eigenvalue weighted by Gasteiger charge is 2.32. The van der Waals surface area contributed by atoms with E-state index in [0.717, 1.165) is 19.3 Å². The molecule has 1 aliphatic heterocycles. The molecule has 2 N–H and O–H groups in total. The molecule has 21 heavy (non-hydrogen) atoms. The van der Waals surface area contributed by atoms with E-state index >= 15 is 0 Å². The number of methoxy groups -OCH3 is 1. The van der Waals surface area contributed by atoms with Crippen molar-refractivity contribution in [3.63, 3.8) is 0 Å². The predicted molar refractivity (Wildman–Crippen MR) is 80.2 cm³/mol. The van der Waals surface area contributed by atoms with Crippen molar-refractivity contribution in [3.05, 3.63) is 0 Å². The molecule has 2 amide bonds. The zero-order valence-electron chi connectivity index (χ0n) is 13.3. The van der Waals surface area contributed by atoms with Crippen molar-refractivity contribution < 1.29 is 19.4 Å². The molecule has 122 valence electrons. The summed E-state index contributed by atoms with van der Waals surface area (Å²) in [6.07, 6.45) is 3.61. The van der Waals surface area contributed by atoms with E-state index in [1.807, 2.05) is 6.92 Å². The van der Waals surface area contributed by atoms with E-state index in [4.69, 9.17) is 9.84 Å². The molecule has 1 rings (SSSR count). The first kappa shape index (κ1) is 17.8. The summed E-state index contributed by atoms with van der Waals surface area (Å²) in [7, 11) is 1.62. The second-order valence-corrected chi connectivity index (χ2v) is 6.03. The van der Waals surface area contributed by atoms with Crippen LogP contribution in [-0.2, 0) is 9.53 Å². The second kappa shape index (κ2) is 8.87. The van der Waals surface area contributed by atoms with E-state index < -0.39 is 11.9 Å². The van der Waals surface area contributed by atoms with Crippen LogP contribution in [0.4, 0.5) is 4.79 Å². The summed E-state index contributed by atoms with van der Waals surface area (Å²) < 4.78 is 5.14. The van der Waals surface area contributed by atoms with Gasteiger partial charge in [-0.25, -0.2) is 4.79 Å². The van der Waals surface area contributed by atoms with Crippen molar-refractivity contribution in [2.24, 2.45) is 11.8 Å². The fraction of sp³-hybridized carbons (Fsp3) is 0.867. The molecule has 3 unspecified atom stereocenters. The fourth-order valence-electron chi connectivity index (χ4n) is 2.81. The Hall–Kier alpha value is -1.30. The van der Waals surface area contributed by atoms with Gasteiger partial charge >= 0.3 is 12.0 Å². The minimum Gasteiger partial charge on any atom is -0.481 e. The van der Waals surface area contributed by atoms with Gasteiger partial charge in [-0.15, -0.1) is 0 Å². The molecule has 0 spiro atoms. The zero-order chi connectivity index (χ0) is 15.8. The third-order valence-electron chi connectivity index (χ3n) is 3.90. The number of hydrogen-bond acceptors (Lipinski definition) is 3. The Morgan fingerprint density at radius 3 is 2.71 bits per heavy atom. The zero-order valence-corrected chi connectivity index (χ0v) is 13.3. The van der Waals surface area contributed by atoms with Gasteiger partial charge < -0.3 is 20.1 Å². The van der Waals surface area contributed by atoms with Crippen LogP contribution < -0.4 is 5.32 Å². The maximum absolute atomic E-state index is 12.3. The number of nitrogens with zero attached hydrogens (tertiary/aromatic N) is 1. The van der Waals surface area contributed by atoms with Crippen LogP contribution in [0, 0.1) is 11.8 Å². The van der Waals surface area contributed by atoms with Gasteiger partial charge in [-0.2, -0.15) is 0 Å². The van der Waals surface area contributed by atoms with Gasteiger partial charge in [-0.3, -0.25) is 4.79 Å². The summed E-state index contributed by atoms with van der Waals surface area (Å²) >= 11 is 0. The minimum atomic E-state index is -0.821. The van der Waals surface area contributed by atoms with Crippen LogP contribution in [0.15, 0.2) is 0 Å². The van der Waals surface area contributed by atoms with Crippen molar-refractivity contribution in [1.29, 1.82) is 0 Å². The topological polar surface area (TPSA) is 78.9 Å². The van der Waals surface area contributed by atoms with Gasteiger partial charge in [-0.1, -0.05) is 26.7 Å². The Labute approximate surface area is 126 Å². The third kappa shape index (κ3) is 5.91. The van der Waals surface area contributed by atoms with Crippen molar-refractivity contribution >= 4 is 12.0 Å². The SMILES string of the molecule is CCCCC(COC)NC(=O)N1CC(C)CC(C(=O)O)C1. The number of carboxylic acid groups (broad SMARTS) is 1. The van der Waals surface area contributed by atoms with E-state index in [-0.39, 0.29) is 18.0 Å². The number of nitrogens with one attached hydrogen (secondary N) is 1. The van der Waals surface area contributed by atoms with E-state index in [1.54, 1.807) is 12.0 Å². The van der Waals surface area contributed by atoms with Crippen LogP contribution in [0.3, 0.4) is 0 Å². The summed E-state index contributed by atoms with van der Waals surface area (Å²) in [4.78, 5) is 25.1. The molecule has 1 saturated heterocycles. The molecule has 1 heterocycles. The summed E-state index contributed by atoms with van der Waals surface area (Å²) in [5, 5.41) is 12.1. The molecule has 0 saturated carbocycles. The van der Waals surface area contributed by atoms with Crippen molar-refractivity contribution in [2.75, 3.05) is 26.8 Å². The first-order chi connectivity index (χ1) is 9.97. The van der Waals surface area contributed by atoms with Crippen LogP contribution >= 0.6 is 0 Å². The number of aliphatic carboxylic acids is 1. The molecule has 6 nitrogen and oxygen atoms in total. The van der Waals surface area contributed by atoms with Gasteiger partial charge in [0.1, 0.15) is 0 Å². The lowest BCUT2D eigenvalue weighted by Gasteiger charge is -2.35. The molecule has 3 atom stereocenters. The fourth-order valence-corrected chi connectivity index (χ4v) is 2.81. The van der Waals surface area contributed by atoms with Crippen molar-refractivity contribution in [1.82, 2.24) is 10.2 Å². The Bertz CT molecular complexity index is 349. The Kier molecular flexibility index (Phi) is 7.50. The highest BCUT2D eigenvalue weighted by atomic mass is 16.5. The number of likely N-dealkylation sites (tertiary alicyclic amines) is 1. The van der Waals surface area contributed by atoms with Gasteiger partial charge in [0.2, 0.25) is 0 Å². The molecule has 0 aromatic carbocycles. The number of amides is 2. The van der Waals surface area contributed by atoms with E-state index in [1.165, 1.54) is 0 Å². The molecule has 1 fully saturated rings. The predicted octanol–water partition coefficient (Wildman–Crippen LogP) is 1.94. The molecular formula is C15H28N2O4. The van der Waals surface area contributed by atoms with Gasteiger partial charge in [-0.05, 0) is 18.8 Å². The van der Waals surface area contributed by atoms with Gasteiger partial charge in [0, 0.05) is 20.2 Å². The van der Waals surface area contributed by atoms with Crippen molar-refractivity contribution in [3.8, 4) is 0 Å². The Morgan fingerprint density at radius 2 is 2.14 bits per heavy atom. The van der Waals surface area contributed by atoms with Crippen LogP contribution in [0.2, 0.25) is 0 Å². The van der Waals surface area contributed by atoms with Crippen molar-refractivity contribution in [2.45, 2.75) is 45.6 Å². The number of carbonyl (C=O) groups excluding carboxylic acids is 1. The average Bonchev–Trinajstić information content (AvgIpc) is 2.44. The third-order valence-corrected chi connectivity index (χ3v) is 3.90. The quantitative estimate of drug-likeness (QED) is 0.753. The molecule has 0 aliphatic carbocycles. The number of carboxylic acids is 1. The number of ether oxygens (including phenoxy) is 1. The van der Waals surface area contributed by atoms with Gasteiger partial charge in [0.25, 0.3) is 0 Å². The van der Waals surface area contributed by atoms with Crippen LogP contribution in [-0.4, -0.2) is 54.9 Å². The highest BCUT2D eigenvalue weighted by molar-refractivity contribution is 5.76. The number of urea groups is 1. The number of rotatable bonds is 7. The number of piperidine rings is 1. The number of unbranched alkanes of at least 4 members (excludes halogenated alkanes) is 1. The second-order valence-electron chi connectivity index (χ2n) is 6.03. The average molecular weight is 300 g/mol. The van der Waals surface area contributed by atoms with Crippen LogP contribution in [0.5, 0.6) is 0 Å². The number of carbonyl (C=O) groups is 2. The lowest BCUT2D eigenvalue weighted by Crippen LogP contribution is -2.52. The summed E-state index contributed by atoms with van der Waals surface area (Å²) in [6, 6.07) is -0.186. The summed E-state index contributed by atoms with van der Waals surface area (Å²) in [5.41, 5.74) is 0. The largest absolute Gasteiger partial charge is 0.481 e. The van der Waals surface area contributed by atoms with Crippen LogP contribution in [0.1, 0.15) is 39.5 Å². The smallest absolute Gasteiger partial charge is 0.317 e. The standard InChI is InChI=1S/C15H28N2O4/c1-4-5-6-13(10-21-3)16-15(20)17-8-11(2)7-12(9-17)14(18)19/h11-13H,4-10H2,1-3H3,(H,16,20)(H,18,19). The van der Waals surface area contributed by atoms with Gasteiger partial charge in [0.05, 0.1) is 18.6 Å². The first-order valence-electron chi connectivity index (χ1n) is 7.75. The maximum Gasteiger partial charge on any atom is 0.317 e. The lowest BCUT2D eigenvalue weighted by atomic mass is 9.91. The summed E-state index contributed by atoms with van der Waals surface area (Å²) in [6.45, 7) is 5.48. The van der Waals surface area contributed by atoms with E-state index in [9.17, 15) is 9.59 Å². The molecule has 0 radical (unpaired) electrons. The molecule has 0 aromatic heterocycles. The summed E-state index contributed by atoms with van der Waals surface area (Å²) in [5.74, 6) is -1.07. The molecule has 0 bridgehead atoms. The first-order valence-corrected chi connectivity index (χ1v) is 7.75. The molecule has 0 aromatic rings. The monoisotopic (exact) mass is 300 g/mol. The van der Waals surface area contributed by atoms with E-state index in [2.05, 4.69) is 12.2 Å². The Morgan fingerprint density at radius 1 is 1.43 bits per heavy atom.